The molecular weight excluding hydrogens is 737 g/mol. The van der Waals surface area contributed by atoms with E-state index in [0.717, 1.165) is 95.5 Å². The highest BCUT2D eigenvalue weighted by Gasteiger charge is 2.31. The Hall–Kier alpha value is -1.84. The predicted molar refractivity (Wildman–Crippen MR) is 257 cm³/mol. The summed E-state index contributed by atoms with van der Waals surface area (Å²) < 4.78 is 0. The van der Waals surface area contributed by atoms with Gasteiger partial charge < -0.3 is 19.8 Å². The van der Waals surface area contributed by atoms with Gasteiger partial charge in [0, 0.05) is 11.1 Å². The number of carbonyl (C=O) groups excluding carboxylic acids is 2. The molecule has 0 heterocycles. The van der Waals surface area contributed by atoms with Gasteiger partial charge in [0.15, 0.2) is 0 Å². The van der Waals surface area contributed by atoms with Gasteiger partial charge in [-0.2, -0.15) is 0 Å². The van der Waals surface area contributed by atoms with Crippen LogP contribution < -0.4 is 10.2 Å². The van der Waals surface area contributed by atoms with Crippen LogP contribution >= 0.6 is 0 Å². The van der Waals surface area contributed by atoms with E-state index in [1.165, 1.54) is 172 Å². The molecule has 0 aromatic heterocycles. The van der Waals surface area contributed by atoms with E-state index in [0.29, 0.717) is 0 Å². The molecule has 4 heteroatoms. The Labute approximate surface area is 374 Å². The molecule has 0 fully saturated rings. The van der Waals surface area contributed by atoms with Gasteiger partial charge in [0.1, 0.15) is 0 Å². The minimum absolute atomic E-state index is 0.0187. The summed E-state index contributed by atoms with van der Waals surface area (Å²) in [5.74, 6) is -2.19. The smallest absolute Gasteiger partial charge is 0.0724 e. The number of hydrogen-bond acceptors (Lipinski definition) is 4. The highest BCUT2D eigenvalue weighted by Crippen LogP contribution is 2.46. The minimum Gasteiger partial charge on any atom is -0.545 e. The zero-order chi connectivity index (χ0) is 44.1. The van der Waals surface area contributed by atoms with Crippen LogP contribution in [0.3, 0.4) is 0 Å². The van der Waals surface area contributed by atoms with Gasteiger partial charge in [0.05, 0.1) is 11.9 Å². The molecule has 0 amide bonds. The molecule has 0 bridgehead atoms. The summed E-state index contributed by atoms with van der Waals surface area (Å²) in [6.45, 7) is 13.6. The van der Waals surface area contributed by atoms with Crippen LogP contribution in [-0.4, -0.2) is 11.9 Å². The van der Waals surface area contributed by atoms with Crippen LogP contribution in [-0.2, 0) is 0 Å². The number of hydrogen-bond donors (Lipinski definition) is 0. The highest BCUT2D eigenvalue weighted by molar-refractivity contribution is 6.02. The first-order valence-electron chi connectivity index (χ1n) is 27.0. The Morgan fingerprint density at radius 3 is 0.867 bits per heavy atom. The molecule has 0 aliphatic heterocycles. The first kappa shape index (κ1) is 56.2. The van der Waals surface area contributed by atoms with Crippen LogP contribution in [0.25, 0.3) is 0 Å². The lowest BCUT2D eigenvalue weighted by molar-refractivity contribution is -0.259. The van der Waals surface area contributed by atoms with E-state index in [9.17, 15) is 19.8 Å². The van der Waals surface area contributed by atoms with Crippen LogP contribution in [0.4, 0.5) is 0 Å². The van der Waals surface area contributed by atoms with E-state index in [4.69, 9.17) is 0 Å². The van der Waals surface area contributed by atoms with E-state index in [2.05, 4.69) is 41.5 Å². The average Bonchev–Trinajstić information content (AvgIpc) is 3.24. The van der Waals surface area contributed by atoms with Gasteiger partial charge in [-0.05, 0) is 79.0 Å². The Bertz CT molecular complexity index is 1170. The summed E-state index contributed by atoms with van der Waals surface area (Å²) in [7, 11) is 0. The maximum absolute atomic E-state index is 13.6. The fraction of sp³-hybridized carbons (Fsp3) is 0.857. The number of carboxylic acid groups (broad SMARTS) is 2. The third kappa shape index (κ3) is 24.7. The minimum atomic E-state index is -1.35. The van der Waals surface area contributed by atoms with Gasteiger partial charge in [0.2, 0.25) is 0 Å². The first-order valence-corrected chi connectivity index (χ1v) is 27.0. The van der Waals surface area contributed by atoms with Crippen molar-refractivity contribution in [3.05, 3.63) is 33.9 Å². The summed E-state index contributed by atoms with van der Waals surface area (Å²) in [6, 6.07) is 1.85. The Kier molecular flexibility index (Phi) is 36.3. The molecule has 60 heavy (non-hydrogen) atoms. The second kappa shape index (κ2) is 38.8. The molecule has 3 unspecified atom stereocenters. The first-order chi connectivity index (χ1) is 29.3. The van der Waals surface area contributed by atoms with Gasteiger partial charge in [-0.3, -0.25) is 0 Å². The molecule has 0 radical (unpaired) electrons. The highest BCUT2D eigenvalue weighted by atomic mass is 16.4. The van der Waals surface area contributed by atoms with Crippen molar-refractivity contribution in [2.24, 2.45) is 0 Å². The number of carbonyl (C=O) groups is 2. The van der Waals surface area contributed by atoms with Crippen LogP contribution in [0.5, 0.6) is 0 Å². The molecule has 0 aliphatic rings. The molecule has 0 spiro atoms. The largest absolute Gasteiger partial charge is 0.545 e. The molecular formula is C56H100O4-2. The summed E-state index contributed by atoms with van der Waals surface area (Å²) in [5.41, 5.74) is 3.18. The van der Waals surface area contributed by atoms with Crippen molar-refractivity contribution in [3.8, 4) is 0 Å². The second-order valence-electron chi connectivity index (χ2n) is 19.2. The maximum atomic E-state index is 13.6. The number of benzene rings is 1. The van der Waals surface area contributed by atoms with Gasteiger partial charge in [-0.25, -0.2) is 0 Å². The topological polar surface area (TPSA) is 80.3 Å². The lowest BCUT2D eigenvalue weighted by atomic mass is 9.70. The second-order valence-corrected chi connectivity index (χ2v) is 19.2. The van der Waals surface area contributed by atoms with Crippen molar-refractivity contribution in [1.29, 1.82) is 0 Å². The van der Waals surface area contributed by atoms with Crippen molar-refractivity contribution in [2.75, 3.05) is 0 Å². The average molecular weight is 837 g/mol. The number of rotatable bonds is 44. The standard InChI is InChI=1S/C56H102O4/c1-7-13-19-25-31-35-41-47(40-34-28-22-16-10-4)50-46-51(55(57)58)54(56(59)60)53(49(44-37-30-24-18-12-6)45-39-33-27-21-15-9-3)52(50)48(42-36-29-23-17-11-5)43-38-32-26-20-14-8-2/h46-49H,7-45H2,1-6H3,(H,57,58)(H,59,60)/p-2. The van der Waals surface area contributed by atoms with E-state index < -0.39 is 11.9 Å². The van der Waals surface area contributed by atoms with Crippen molar-refractivity contribution in [3.63, 3.8) is 0 Å². The molecule has 0 saturated carbocycles. The SMILES string of the molecule is CCCCCCCCC(CCCCCCC)c1cc(C(=O)[O-])c(C(=O)[O-])c(C(CCCCCCC)CCCCCCCC)c1C(CCCCCCC)CCCCCCCC. The van der Waals surface area contributed by atoms with Gasteiger partial charge in [0.25, 0.3) is 0 Å². The third-order valence-corrected chi connectivity index (χ3v) is 13.8. The Morgan fingerprint density at radius 1 is 0.350 bits per heavy atom. The predicted octanol–water partition coefficient (Wildman–Crippen LogP) is 17.0. The lowest BCUT2D eigenvalue weighted by Crippen LogP contribution is -2.33. The zero-order valence-corrected chi connectivity index (χ0v) is 41.0. The Balaban J connectivity index is 4.17. The van der Waals surface area contributed by atoms with E-state index in [1.807, 2.05) is 6.07 Å². The van der Waals surface area contributed by atoms with Gasteiger partial charge in [-0.1, -0.05) is 253 Å². The Morgan fingerprint density at radius 2 is 0.600 bits per heavy atom. The van der Waals surface area contributed by atoms with E-state index in [-0.39, 0.29) is 28.9 Å². The molecule has 0 aliphatic carbocycles. The fourth-order valence-electron chi connectivity index (χ4n) is 10.2. The third-order valence-electron chi connectivity index (χ3n) is 13.8. The quantitative estimate of drug-likeness (QED) is 0.0613. The molecule has 0 N–H and O–H groups in total. The number of aromatic carboxylic acids is 2. The summed E-state index contributed by atoms with van der Waals surface area (Å²) in [5, 5.41) is 26.9. The lowest BCUT2D eigenvalue weighted by Gasteiger charge is -2.35. The summed E-state index contributed by atoms with van der Waals surface area (Å²) in [4.78, 5) is 26.9. The van der Waals surface area contributed by atoms with Crippen LogP contribution in [0, 0.1) is 0 Å². The van der Waals surface area contributed by atoms with Crippen molar-refractivity contribution >= 4 is 11.9 Å². The molecule has 4 nitrogen and oxygen atoms in total. The normalized spacial score (nSPS) is 13.2. The molecule has 350 valence electrons. The zero-order valence-electron chi connectivity index (χ0n) is 41.0. The molecule has 3 atom stereocenters. The molecule has 1 aromatic carbocycles. The van der Waals surface area contributed by atoms with Crippen LogP contribution in [0.1, 0.15) is 347 Å². The number of unbranched alkanes of at least 4 members (excludes halogenated alkanes) is 27. The molecule has 1 aromatic rings. The summed E-state index contributed by atoms with van der Waals surface area (Å²) in [6.07, 6.45) is 45.8. The van der Waals surface area contributed by atoms with Gasteiger partial charge >= 0.3 is 0 Å². The van der Waals surface area contributed by atoms with Crippen LogP contribution in [0.2, 0.25) is 0 Å². The van der Waals surface area contributed by atoms with E-state index in [1.54, 1.807) is 0 Å². The monoisotopic (exact) mass is 837 g/mol. The maximum Gasteiger partial charge on any atom is 0.0724 e. The molecule has 1 rings (SSSR count). The van der Waals surface area contributed by atoms with Crippen molar-refractivity contribution in [2.45, 2.75) is 310 Å². The number of carboxylic acids is 2. The van der Waals surface area contributed by atoms with E-state index >= 15 is 0 Å². The van der Waals surface area contributed by atoms with Crippen molar-refractivity contribution < 1.29 is 19.8 Å². The van der Waals surface area contributed by atoms with Crippen LogP contribution in [0.15, 0.2) is 6.07 Å². The molecule has 0 saturated heterocycles. The fourth-order valence-corrected chi connectivity index (χ4v) is 10.2. The summed E-state index contributed by atoms with van der Waals surface area (Å²) >= 11 is 0. The van der Waals surface area contributed by atoms with Crippen molar-refractivity contribution in [1.82, 2.24) is 0 Å². The van der Waals surface area contributed by atoms with Gasteiger partial charge in [-0.15, -0.1) is 0 Å².